The van der Waals surface area contributed by atoms with Gasteiger partial charge < -0.3 is 20.1 Å². The smallest absolute Gasteiger partial charge is 0.335 e. The zero-order valence-corrected chi connectivity index (χ0v) is 38.2. The predicted molar refractivity (Wildman–Crippen MR) is 272 cm³/mol. The quantitative estimate of drug-likeness (QED) is 0.0574. The monoisotopic (exact) mass is 928 g/mol. The Hall–Kier alpha value is -9.02. The van der Waals surface area contributed by atoms with E-state index in [1.54, 1.807) is 73.7 Å². The Balaban J connectivity index is 0.000000174. The first-order valence-corrected chi connectivity index (χ1v) is 22.3. The first kappa shape index (κ1) is 48.9. The van der Waals surface area contributed by atoms with Crippen molar-refractivity contribution in [3.05, 3.63) is 238 Å². The van der Waals surface area contributed by atoms with Crippen LogP contribution >= 0.6 is 0 Å². The number of carboxylic acid groups (broad SMARTS) is 3. The summed E-state index contributed by atoms with van der Waals surface area (Å²) in [4.78, 5) is 67.0. The summed E-state index contributed by atoms with van der Waals surface area (Å²) >= 11 is 0. The summed E-state index contributed by atoms with van der Waals surface area (Å²) in [7, 11) is 0. The van der Waals surface area contributed by atoms with Gasteiger partial charge in [0.1, 0.15) is 11.5 Å². The number of allylic oxidation sites excluding steroid dienone is 1. The largest absolute Gasteiger partial charge is 0.478 e. The van der Waals surface area contributed by atoms with Crippen molar-refractivity contribution in [2.45, 2.75) is 31.6 Å². The molecule has 0 heterocycles. The Morgan fingerprint density at radius 3 is 1.33 bits per heavy atom. The average Bonchev–Trinajstić information content (AvgIpc) is 3.36. The number of Topliss-reactive ketones (excluding diaryl/α,β-unsaturated/α-hetero) is 1. The van der Waals surface area contributed by atoms with E-state index in [-0.39, 0.29) is 46.4 Å². The number of ketones is 2. The molecule has 0 bridgehead atoms. The number of benzene rings is 8. The van der Waals surface area contributed by atoms with E-state index in [1.165, 1.54) is 35.9 Å². The van der Waals surface area contributed by atoms with E-state index in [4.69, 9.17) is 14.9 Å². The SMILES string of the molecule is CC(=O)/C=C/c1ccc(C(=O)O)cc1.CC(=O)[C@@H]1C(c2ccc3ccccc3c2)[C@@H](c2ccc(OC=O)cc2)[C@H]1c1ccc(C(=O)O)cc1.O=C(O)c1ccc(/C=C/c2ccc3ccccc3c2)cc1. The van der Waals surface area contributed by atoms with Gasteiger partial charge in [-0.15, -0.1) is 0 Å². The molecule has 1 fully saturated rings. The lowest BCUT2D eigenvalue weighted by molar-refractivity contribution is -0.126. The molecular weight excluding hydrogens is 881 g/mol. The van der Waals surface area contributed by atoms with E-state index in [0.717, 1.165) is 44.2 Å². The van der Waals surface area contributed by atoms with Crippen LogP contribution in [-0.4, -0.2) is 51.3 Å². The fraction of sp³-hybridized carbons (Fsp3) is 0.100. The summed E-state index contributed by atoms with van der Waals surface area (Å²) < 4.78 is 4.97. The van der Waals surface area contributed by atoms with Gasteiger partial charge in [-0.3, -0.25) is 14.4 Å². The van der Waals surface area contributed by atoms with Gasteiger partial charge in [0.25, 0.3) is 6.47 Å². The Morgan fingerprint density at radius 2 is 0.829 bits per heavy atom. The van der Waals surface area contributed by atoms with E-state index < -0.39 is 17.9 Å². The average molecular weight is 929 g/mol. The molecule has 348 valence electrons. The lowest BCUT2D eigenvalue weighted by Crippen LogP contribution is -2.45. The summed E-state index contributed by atoms with van der Waals surface area (Å²) in [6.07, 6.45) is 7.10. The number of carbonyl (C=O) groups excluding carboxylic acids is 3. The molecule has 0 radical (unpaired) electrons. The van der Waals surface area contributed by atoms with Crippen molar-refractivity contribution in [2.75, 3.05) is 0 Å². The summed E-state index contributed by atoms with van der Waals surface area (Å²) in [6.45, 7) is 3.49. The molecule has 1 aliphatic rings. The Kier molecular flexibility index (Phi) is 15.8. The molecule has 8 aromatic carbocycles. The van der Waals surface area contributed by atoms with Gasteiger partial charge in [-0.05, 0) is 135 Å². The van der Waals surface area contributed by atoms with Crippen molar-refractivity contribution in [3.8, 4) is 5.75 Å². The normalized spacial score (nSPS) is 16.0. The van der Waals surface area contributed by atoms with Crippen LogP contribution in [0.3, 0.4) is 0 Å². The molecule has 4 atom stereocenters. The Labute approximate surface area is 404 Å². The van der Waals surface area contributed by atoms with Crippen LogP contribution in [-0.2, 0) is 14.4 Å². The van der Waals surface area contributed by atoms with Crippen molar-refractivity contribution in [1.82, 2.24) is 0 Å². The minimum atomic E-state index is -0.982. The van der Waals surface area contributed by atoms with Crippen LogP contribution in [0.4, 0.5) is 0 Å². The first-order chi connectivity index (χ1) is 33.8. The van der Waals surface area contributed by atoms with Gasteiger partial charge in [-0.25, -0.2) is 14.4 Å². The molecule has 3 N–H and O–H groups in total. The molecule has 10 nitrogen and oxygen atoms in total. The van der Waals surface area contributed by atoms with Crippen LogP contribution < -0.4 is 4.74 Å². The third-order valence-corrected chi connectivity index (χ3v) is 12.2. The zero-order chi connectivity index (χ0) is 49.7. The number of carbonyl (C=O) groups is 6. The van der Waals surface area contributed by atoms with Crippen LogP contribution in [0.15, 0.2) is 188 Å². The van der Waals surface area contributed by atoms with E-state index in [2.05, 4.69) is 60.7 Å². The number of ether oxygens (including phenoxy) is 1. The molecule has 8 aromatic rings. The summed E-state index contributed by atoms with van der Waals surface area (Å²) in [5, 5.41) is 31.5. The fourth-order valence-electron chi connectivity index (χ4n) is 8.78. The van der Waals surface area contributed by atoms with Crippen molar-refractivity contribution < 1.29 is 48.8 Å². The summed E-state index contributed by atoms with van der Waals surface area (Å²) in [5.74, 6) is -2.72. The van der Waals surface area contributed by atoms with E-state index in [1.807, 2.05) is 60.7 Å². The van der Waals surface area contributed by atoms with Crippen molar-refractivity contribution >= 4 is 75.7 Å². The van der Waals surface area contributed by atoms with E-state index >= 15 is 0 Å². The summed E-state index contributed by atoms with van der Waals surface area (Å²) in [5.41, 5.74) is 6.74. The number of hydrogen-bond acceptors (Lipinski definition) is 7. The van der Waals surface area contributed by atoms with Crippen LogP contribution in [0.2, 0.25) is 0 Å². The molecule has 0 aromatic heterocycles. The zero-order valence-electron chi connectivity index (χ0n) is 38.2. The maximum absolute atomic E-state index is 13.0. The number of aromatic carboxylic acids is 3. The molecule has 0 spiro atoms. The highest BCUT2D eigenvalue weighted by Gasteiger charge is 2.54. The van der Waals surface area contributed by atoms with Crippen LogP contribution in [0, 0.1) is 5.92 Å². The highest BCUT2D eigenvalue weighted by atomic mass is 16.5. The molecule has 0 aliphatic heterocycles. The van der Waals surface area contributed by atoms with Crippen molar-refractivity contribution in [3.63, 3.8) is 0 Å². The minimum Gasteiger partial charge on any atom is -0.478 e. The molecular formula is C60H48O10. The third kappa shape index (κ3) is 12.1. The molecule has 1 aliphatic carbocycles. The van der Waals surface area contributed by atoms with Gasteiger partial charge in [-0.2, -0.15) is 0 Å². The fourth-order valence-corrected chi connectivity index (χ4v) is 8.78. The lowest BCUT2D eigenvalue weighted by atomic mass is 9.50. The van der Waals surface area contributed by atoms with Crippen LogP contribution in [0.25, 0.3) is 39.8 Å². The first-order valence-electron chi connectivity index (χ1n) is 22.3. The molecule has 0 saturated heterocycles. The topological polar surface area (TPSA) is 172 Å². The number of rotatable bonds is 13. The van der Waals surface area contributed by atoms with Gasteiger partial charge in [-0.1, -0.05) is 146 Å². The second-order valence-corrected chi connectivity index (χ2v) is 16.8. The van der Waals surface area contributed by atoms with Gasteiger partial charge in [0.2, 0.25) is 0 Å². The van der Waals surface area contributed by atoms with E-state index in [0.29, 0.717) is 17.8 Å². The maximum atomic E-state index is 13.0. The van der Waals surface area contributed by atoms with Crippen molar-refractivity contribution in [1.29, 1.82) is 0 Å². The van der Waals surface area contributed by atoms with Gasteiger partial charge >= 0.3 is 17.9 Å². The third-order valence-electron chi connectivity index (χ3n) is 12.2. The second-order valence-electron chi connectivity index (χ2n) is 16.8. The van der Waals surface area contributed by atoms with Crippen LogP contribution in [0.1, 0.15) is 96.1 Å². The molecule has 70 heavy (non-hydrogen) atoms. The number of carboxylic acids is 3. The molecule has 1 saturated carbocycles. The molecule has 0 amide bonds. The predicted octanol–water partition coefficient (Wildman–Crippen LogP) is 12.6. The Morgan fingerprint density at radius 1 is 0.429 bits per heavy atom. The highest BCUT2D eigenvalue weighted by molar-refractivity contribution is 5.93. The lowest BCUT2D eigenvalue weighted by Gasteiger charge is -2.52. The second kappa shape index (κ2) is 22.6. The number of fused-ring (bicyclic) bond motifs is 2. The van der Waals surface area contributed by atoms with Crippen molar-refractivity contribution in [2.24, 2.45) is 5.92 Å². The van der Waals surface area contributed by atoms with E-state index in [9.17, 15) is 33.9 Å². The Bertz CT molecular complexity index is 3240. The molecule has 10 heteroatoms. The minimum absolute atomic E-state index is 0.00831. The number of hydrogen-bond donors (Lipinski definition) is 3. The molecule has 9 rings (SSSR count). The van der Waals surface area contributed by atoms with Crippen LogP contribution in [0.5, 0.6) is 5.75 Å². The van der Waals surface area contributed by atoms with Gasteiger partial charge in [0, 0.05) is 17.8 Å². The molecule has 1 unspecified atom stereocenters. The van der Waals surface area contributed by atoms with Gasteiger partial charge in [0.05, 0.1) is 16.7 Å². The summed E-state index contributed by atoms with van der Waals surface area (Å²) in [6, 6.07) is 56.4. The highest BCUT2D eigenvalue weighted by Crippen LogP contribution is 2.62. The standard InChI is InChI=1S/C30H24O5.C19H14O2.C11H10O3/c1-18(32)26-27(20-7-9-22(10-8-20)30(33)34)28(21-12-14-25(15-13-21)35-17-31)29(26)24-11-6-19-4-2-3-5-23(19)16-24;20-19(21)17-11-7-14(8-12-17)5-6-15-9-10-16-3-1-2-4-18(16)13-15;1-8(12)2-3-9-4-6-10(7-5-9)11(13)14/h2-17,26-29H,1H3,(H,33,34);1-13H,(H,20,21);2-7H,1H3,(H,13,14)/b;6-5+;3-2+/t26-,27-,28-,29?;;/m0../s1. The maximum Gasteiger partial charge on any atom is 0.335 e. The van der Waals surface area contributed by atoms with Gasteiger partial charge in [0.15, 0.2) is 5.78 Å².